The van der Waals surface area contributed by atoms with E-state index in [9.17, 15) is 4.79 Å². The van der Waals surface area contributed by atoms with E-state index < -0.39 is 0 Å². The van der Waals surface area contributed by atoms with Gasteiger partial charge in [-0.15, -0.1) is 0 Å². The van der Waals surface area contributed by atoms with E-state index in [0.717, 1.165) is 35.9 Å². The molecule has 1 N–H and O–H groups in total. The van der Waals surface area contributed by atoms with Crippen LogP contribution < -0.4 is 5.32 Å². The average molecular weight is 248 g/mol. The van der Waals surface area contributed by atoms with Crippen molar-refractivity contribution in [2.75, 3.05) is 19.8 Å². The third kappa shape index (κ3) is 2.54. The molecule has 0 spiro atoms. The van der Waals surface area contributed by atoms with Crippen molar-refractivity contribution in [2.24, 2.45) is 10.9 Å². The van der Waals surface area contributed by atoms with E-state index in [1.165, 1.54) is 12.8 Å². The van der Waals surface area contributed by atoms with Gasteiger partial charge in [0.05, 0.1) is 25.3 Å². The van der Waals surface area contributed by atoms with Crippen LogP contribution in [0.5, 0.6) is 0 Å². The van der Waals surface area contributed by atoms with Gasteiger partial charge in [-0.3, -0.25) is 9.79 Å². The summed E-state index contributed by atoms with van der Waals surface area (Å²) in [5, 5.41) is 3.49. The Morgan fingerprint density at radius 2 is 2.33 bits per heavy atom. The second kappa shape index (κ2) is 4.94. The van der Waals surface area contributed by atoms with Crippen molar-refractivity contribution < 1.29 is 9.53 Å². The molecule has 0 saturated heterocycles. The number of nitrogens with one attached hydrogen (secondary N) is 1. The zero-order chi connectivity index (χ0) is 12.5. The van der Waals surface area contributed by atoms with Gasteiger partial charge in [0.25, 0.3) is 0 Å². The molecule has 1 atom stereocenters. The van der Waals surface area contributed by atoms with E-state index in [1.54, 1.807) is 0 Å². The molecular formula is C14H20N2O2. The predicted octanol–water partition coefficient (Wildman–Crippen LogP) is 1.46. The normalized spacial score (nSPS) is 25.8. The van der Waals surface area contributed by atoms with Gasteiger partial charge < -0.3 is 10.1 Å². The highest BCUT2D eigenvalue weighted by molar-refractivity contribution is 6.13. The monoisotopic (exact) mass is 248 g/mol. The van der Waals surface area contributed by atoms with E-state index in [0.29, 0.717) is 25.7 Å². The van der Waals surface area contributed by atoms with Crippen molar-refractivity contribution in [3.8, 4) is 0 Å². The first-order chi connectivity index (χ1) is 8.74. The maximum atomic E-state index is 12.0. The summed E-state index contributed by atoms with van der Waals surface area (Å²) >= 11 is 0. The Bertz CT molecular complexity index is 422. The van der Waals surface area contributed by atoms with Crippen LogP contribution in [0.4, 0.5) is 0 Å². The molecule has 3 rings (SSSR count). The first-order valence-electron chi connectivity index (χ1n) is 6.87. The number of ether oxygens (including phenoxy) is 1. The fraction of sp³-hybridized carbons (Fsp3) is 0.714. The van der Waals surface area contributed by atoms with E-state index in [2.05, 4.69) is 17.2 Å². The lowest BCUT2D eigenvalue weighted by Crippen LogP contribution is -2.35. The fourth-order valence-electron chi connectivity index (χ4n) is 2.61. The molecule has 0 aromatic heterocycles. The maximum absolute atomic E-state index is 12.0. The lowest BCUT2D eigenvalue weighted by atomic mass is 9.98. The number of carbonyl (C=O) groups is 1. The number of aliphatic imine (C=N–C) groups is 1. The highest BCUT2D eigenvalue weighted by Crippen LogP contribution is 2.32. The lowest BCUT2D eigenvalue weighted by molar-refractivity contribution is -0.115. The molecule has 3 aliphatic rings. The van der Waals surface area contributed by atoms with E-state index in [4.69, 9.17) is 4.74 Å². The smallest absolute Gasteiger partial charge is 0.168 e. The highest BCUT2D eigenvalue weighted by atomic mass is 16.5. The first-order valence-corrected chi connectivity index (χ1v) is 6.87. The minimum atomic E-state index is 0.204. The molecule has 0 bridgehead atoms. The molecule has 0 unspecified atom stereocenters. The third-order valence-electron chi connectivity index (χ3n) is 4.03. The van der Waals surface area contributed by atoms with Crippen molar-refractivity contribution in [1.82, 2.24) is 5.32 Å². The van der Waals surface area contributed by atoms with Gasteiger partial charge in [0.2, 0.25) is 0 Å². The summed E-state index contributed by atoms with van der Waals surface area (Å²) in [7, 11) is 0. The van der Waals surface area contributed by atoms with Crippen LogP contribution in [0.1, 0.15) is 32.6 Å². The summed E-state index contributed by atoms with van der Waals surface area (Å²) in [5.41, 5.74) is 2.77. The van der Waals surface area contributed by atoms with Crippen LogP contribution in [0, 0.1) is 5.92 Å². The SMILES string of the molecule is C[C@H](NCC1=NC2=C(COCC2)C(=O)C1)C1CC1. The Morgan fingerprint density at radius 3 is 3.11 bits per heavy atom. The number of Topliss-reactive ketones (excluding diaryl/α,β-unsaturated/α-hetero) is 1. The van der Waals surface area contributed by atoms with Gasteiger partial charge >= 0.3 is 0 Å². The number of hydrogen-bond donors (Lipinski definition) is 1. The molecule has 0 amide bonds. The summed E-state index contributed by atoms with van der Waals surface area (Å²) in [4.78, 5) is 16.6. The van der Waals surface area contributed by atoms with E-state index in [-0.39, 0.29) is 5.78 Å². The Labute approximate surface area is 107 Å². The summed E-state index contributed by atoms with van der Waals surface area (Å²) in [6, 6.07) is 0.549. The van der Waals surface area contributed by atoms with Crippen LogP contribution in [-0.2, 0) is 9.53 Å². The average Bonchev–Trinajstić information content (AvgIpc) is 3.20. The van der Waals surface area contributed by atoms with Crippen molar-refractivity contribution in [3.05, 3.63) is 11.3 Å². The summed E-state index contributed by atoms with van der Waals surface area (Å²) in [6.45, 7) is 4.12. The zero-order valence-electron chi connectivity index (χ0n) is 10.9. The second-order valence-electron chi connectivity index (χ2n) is 5.51. The van der Waals surface area contributed by atoms with Gasteiger partial charge in [-0.2, -0.15) is 0 Å². The Balaban J connectivity index is 1.64. The zero-order valence-corrected chi connectivity index (χ0v) is 10.9. The van der Waals surface area contributed by atoms with Gasteiger partial charge in [-0.05, 0) is 25.7 Å². The van der Waals surface area contributed by atoms with Gasteiger partial charge in [0, 0.05) is 30.3 Å². The quantitative estimate of drug-likeness (QED) is 0.819. The van der Waals surface area contributed by atoms with Crippen molar-refractivity contribution in [1.29, 1.82) is 0 Å². The molecule has 2 aliphatic heterocycles. The van der Waals surface area contributed by atoms with Gasteiger partial charge in [-0.25, -0.2) is 0 Å². The van der Waals surface area contributed by atoms with Crippen molar-refractivity contribution in [3.63, 3.8) is 0 Å². The third-order valence-corrected chi connectivity index (χ3v) is 4.03. The molecule has 2 heterocycles. The summed E-state index contributed by atoms with van der Waals surface area (Å²) in [6.07, 6.45) is 3.92. The van der Waals surface area contributed by atoms with Crippen LogP contribution in [0.25, 0.3) is 0 Å². The molecule has 0 aromatic carbocycles. The van der Waals surface area contributed by atoms with Crippen LogP contribution in [0.15, 0.2) is 16.3 Å². The number of rotatable bonds is 4. The Morgan fingerprint density at radius 1 is 1.50 bits per heavy atom. The molecule has 1 aliphatic carbocycles. The van der Waals surface area contributed by atoms with Gasteiger partial charge in [-0.1, -0.05) is 0 Å². The molecule has 18 heavy (non-hydrogen) atoms. The lowest BCUT2D eigenvalue weighted by Gasteiger charge is -2.23. The summed E-state index contributed by atoms with van der Waals surface area (Å²) < 4.78 is 5.32. The number of hydrogen-bond acceptors (Lipinski definition) is 4. The topological polar surface area (TPSA) is 50.7 Å². The molecule has 1 fully saturated rings. The number of carbonyl (C=O) groups excluding carboxylic acids is 1. The standard InChI is InChI=1S/C14H20N2O2/c1-9(10-2-3-10)15-7-11-6-14(17)12-8-18-5-4-13(12)16-11/h9-10,15H,2-8H2,1H3/t9-/m0/s1. The first kappa shape index (κ1) is 12.1. The molecule has 0 aromatic rings. The van der Waals surface area contributed by atoms with Crippen molar-refractivity contribution in [2.45, 2.75) is 38.6 Å². The summed E-state index contributed by atoms with van der Waals surface area (Å²) in [5.74, 6) is 1.04. The number of nitrogens with zero attached hydrogens (tertiary/aromatic N) is 1. The fourth-order valence-corrected chi connectivity index (χ4v) is 2.61. The van der Waals surface area contributed by atoms with Crippen LogP contribution in [0.3, 0.4) is 0 Å². The maximum Gasteiger partial charge on any atom is 0.168 e. The number of ketones is 1. The minimum absolute atomic E-state index is 0.204. The molecule has 4 nitrogen and oxygen atoms in total. The highest BCUT2D eigenvalue weighted by Gasteiger charge is 2.29. The molecule has 0 radical (unpaired) electrons. The molecular weight excluding hydrogens is 228 g/mol. The van der Waals surface area contributed by atoms with Crippen molar-refractivity contribution >= 4 is 11.5 Å². The minimum Gasteiger partial charge on any atom is -0.376 e. The predicted molar refractivity (Wildman–Crippen MR) is 69.7 cm³/mol. The van der Waals surface area contributed by atoms with Crippen LogP contribution in [0.2, 0.25) is 0 Å². The van der Waals surface area contributed by atoms with Gasteiger partial charge in [0.1, 0.15) is 0 Å². The van der Waals surface area contributed by atoms with Crippen LogP contribution in [-0.4, -0.2) is 37.3 Å². The Hall–Kier alpha value is -1.00. The van der Waals surface area contributed by atoms with Gasteiger partial charge in [0.15, 0.2) is 5.78 Å². The molecule has 4 heteroatoms. The Kier molecular flexibility index (Phi) is 3.31. The van der Waals surface area contributed by atoms with Crippen LogP contribution >= 0.6 is 0 Å². The second-order valence-corrected chi connectivity index (χ2v) is 5.51. The van der Waals surface area contributed by atoms with E-state index >= 15 is 0 Å². The molecule has 1 saturated carbocycles. The molecule has 98 valence electrons. The van der Waals surface area contributed by atoms with E-state index in [1.807, 2.05) is 0 Å². The largest absolute Gasteiger partial charge is 0.376 e.